The average Bonchev–Trinajstić information content (AvgIpc) is 3.08. The third-order valence-electron chi connectivity index (χ3n) is 3.48. The molecule has 6 heteroatoms. The second-order valence-corrected chi connectivity index (χ2v) is 6.66. The fourth-order valence-corrected chi connectivity index (χ4v) is 3.21. The molecule has 0 saturated heterocycles. The van der Waals surface area contributed by atoms with Gasteiger partial charge < -0.3 is 10.1 Å². The summed E-state index contributed by atoms with van der Waals surface area (Å²) in [6.07, 6.45) is 0. The van der Waals surface area contributed by atoms with Crippen molar-refractivity contribution in [3.8, 4) is 5.75 Å². The molecule has 1 aromatic heterocycles. The highest BCUT2D eigenvalue weighted by Gasteiger charge is 2.10. The monoisotopic (exact) mass is 375 g/mol. The van der Waals surface area contributed by atoms with Crippen LogP contribution in [0.2, 0.25) is 5.02 Å². The van der Waals surface area contributed by atoms with E-state index in [1.165, 1.54) is 23.5 Å². The lowest BCUT2D eigenvalue weighted by Gasteiger charge is -2.05. The molecule has 0 saturated carbocycles. The van der Waals surface area contributed by atoms with Gasteiger partial charge in [0.05, 0.1) is 4.88 Å². The maximum Gasteiger partial charge on any atom is 0.261 e. The minimum atomic E-state index is -0.345. The first-order chi connectivity index (χ1) is 12.1. The highest BCUT2D eigenvalue weighted by Crippen LogP contribution is 2.19. The van der Waals surface area contributed by atoms with Crippen molar-refractivity contribution in [2.24, 2.45) is 0 Å². The zero-order valence-corrected chi connectivity index (χ0v) is 14.7. The lowest BCUT2D eigenvalue weighted by atomic mass is 10.2. The number of carbonyl (C=O) groups is 1. The second-order valence-electron chi connectivity index (χ2n) is 5.34. The van der Waals surface area contributed by atoms with Crippen LogP contribution < -0.4 is 10.1 Å². The van der Waals surface area contributed by atoms with E-state index in [-0.39, 0.29) is 18.3 Å². The van der Waals surface area contributed by atoms with Gasteiger partial charge >= 0.3 is 0 Å². The predicted molar refractivity (Wildman–Crippen MR) is 97.7 cm³/mol. The highest BCUT2D eigenvalue weighted by molar-refractivity contribution is 7.12. The van der Waals surface area contributed by atoms with Crippen LogP contribution in [0.25, 0.3) is 0 Å². The summed E-state index contributed by atoms with van der Waals surface area (Å²) in [5, 5.41) is 5.32. The molecule has 0 radical (unpaired) electrons. The second kappa shape index (κ2) is 8.14. The Bertz CT molecular complexity index is 881. The number of rotatable bonds is 6. The van der Waals surface area contributed by atoms with Crippen LogP contribution >= 0.6 is 22.9 Å². The molecule has 0 aliphatic heterocycles. The summed E-state index contributed by atoms with van der Waals surface area (Å²) in [7, 11) is 0. The Hall–Kier alpha value is -2.37. The summed E-state index contributed by atoms with van der Waals surface area (Å²) >= 11 is 7.41. The van der Waals surface area contributed by atoms with Crippen LogP contribution in [0.3, 0.4) is 0 Å². The third-order valence-corrected chi connectivity index (χ3v) is 4.82. The van der Waals surface area contributed by atoms with Crippen LogP contribution in [0.1, 0.15) is 20.8 Å². The molecule has 0 unspecified atom stereocenters. The van der Waals surface area contributed by atoms with Gasteiger partial charge in [0.1, 0.15) is 18.2 Å². The van der Waals surface area contributed by atoms with Crippen molar-refractivity contribution in [1.29, 1.82) is 0 Å². The minimum absolute atomic E-state index is 0.165. The van der Waals surface area contributed by atoms with E-state index in [4.69, 9.17) is 16.3 Å². The minimum Gasteiger partial charge on any atom is -0.489 e. The largest absolute Gasteiger partial charge is 0.489 e. The average molecular weight is 376 g/mol. The molecule has 0 bridgehead atoms. The number of hydrogen-bond acceptors (Lipinski definition) is 3. The first kappa shape index (κ1) is 17.5. The molecule has 0 aliphatic carbocycles. The van der Waals surface area contributed by atoms with E-state index in [0.29, 0.717) is 22.2 Å². The molecule has 0 aliphatic rings. The van der Waals surface area contributed by atoms with Crippen LogP contribution in [-0.4, -0.2) is 5.91 Å². The number of halogens is 2. The normalized spacial score (nSPS) is 10.5. The van der Waals surface area contributed by atoms with Gasteiger partial charge in [0.2, 0.25) is 0 Å². The topological polar surface area (TPSA) is 38.3 Å². The molecular weight excluding hydrogens is 361 g/mol. The molecule has 3 nitrogen and oxygen atoms in total. The maximum absolute atomic E-state index is 13.1. The summed E-state index contributed by atoms with van der Waals surface area (Å²) in [5.74, 6) is -0.0553. The first-order valence-corrected chi connectivity index (χ1v) is 8.85. The van der Waals surface area contributed by atoms with Gasteiger partial charge in [0, 0.05) is 23.2 Å². The van der Waals surface area contributed by atoms with Crippen molar-refractivity contribution in [3.05, 3.63) is 86.8 Å². The summed E-state index contributed by atoms with van der Waals surface area (Å²) in [6, 6.07) is 15.1. The molecule has 0 spiro atoms. The quantitative estimate of drug-likeness (QED) is 0.654. The predicted octanol–water partition coefficient (Wildman–Crippen LogP) is 5.05. The number of ether oxygens (including phenoxy) is 1. The molecule has 3 rings (SSSR count). The SMILES string of the molecule is O=C(NCc1ccccc1Cl)c1cc(COc2cccc(F)c2)cs1. The van der Waals surface area contributed by atoms with E-state index in [1.54, 1.807) is 24.3 Å². The zero-order valence-electron chi connectivity index (χ0n) is 13.2. The lowest BCUT2D eigenvalue weighted by molar-refractivity contribution is 0.0955. The Balaban J connectivity index is 1.55. The van der Waals surface area contributed by atoms with Crippen molar-refractivity contribution in [1.82, 2.24) is 5.32 Å². The summed E-state index contributed by atoms with van der Waals surface area (Å²) < 4.78 is 18.6. The molecule has 0 atom stereocenters. The summed E-state index contributed by atoms with van der Waals surface area (Å²) in [4.78, 5) is 12.8. The lowest BCUT2D eigenvalue weighted by Crippen LogP contribution is -2.21. The van der Waals surface area contributed by atoms with Gasteiger partial charge in [-0.2, -0.15) is 0 Å². The van der Waals surface area contributed by atoms with Crippen LogP contribution in [0.15, 0.2) is 60.0 Å². The van der Waals surface area contributed by atoms with Crippen molar-refractivity contribution in [3.63, 3.8) is 0 Å². The molecular formula is C19H15ClFNO2S. The number of amides is 1. The molecule has 128 valence electrons. The smallest absolute Gasteiger partial charge is 0.261 e. The number of benzene rings is 2. The molecule has 1 amide bonds. The number of thiophene rings is 1. The van der Waals surface area contributed by atoms with Gasteiger partial charge in [-0.15, -0.1) is 11.3 Å². The van der Waals surface area contributed by atoms with Crippen molar-refractivity contribution in [2.45, 2.75) is 13.2 Å². The number of carbonyl (C=O) groups excluding carboxylic acids is 1. The fourth-order valence-electron chi connectivity index (χ4n) is 2.20. The van der Waals surface area contributed by atoms with Gasteiger partial charge in [-0.05, 0) is 35.2 Å². The van der Waals surface area contributed by atoms with Gasteiger partial charge in [0.15, 0.2) is 0 Å². The van der Waals surface area contributed by atoms with E-state index in [1.807, 2.05) is 23.6 Å². The van der Waals surface area contributed by atoms with Crippen molar-refractivity contribution in [2.75, 3.05) is 0 Å². The Morgan fingerprint density at radius 2 is 2.00 bits per heavy atom. The summed E-state index contributed by atoms with van der Waals surface area (Å²) in [6.45, 7) is 0.642. The Morgan fingerprint density at radius 3 is 2.80 bits per heavy atom. The fraction of sp³-hybridized carbons (Fsp3) is 0.105. The zero-order chi connectivity index (χ0) is 17.6. The van der Waals surface area contributed by atoms with E-state index >= 15 is 0 Å². The van der Waals surface area contributed by atoms with Gasteiger partial charge in [-0.3, -0.25) is 4.79 Å². The van der Waals surface area contributed by atoms with Crippen LogP contribution in [0.4, 0.5) is 4.39 Å². The molecule has 2 aromatic carbocycles. The molecule has 1 N–H and O–H groups in total. The first-order valence-electron chi connectivity index (χ1n) is 7.59. The van der Waals surface area contributed by atoms with Crippen molar-refractivity contribution < 1.29 is 13.9 Å². The maximum atomic E-state index is 13.1. The van der Waals surface area contributed by atoms with Crippen LogP contribution in [0, 0.1) is 5.82 Å². The summed E-state index contributed by atoms with van der Waals surface area (Å²) in [5.41, 5.74) is 1.72. The van der Waals surface area contributed by atoms with E-state index in [0.717, 1.165) is 11.1 Å². The number of nitrogens with one attached hydrogen (secondary N) is 1. The Kier molecular flexibility index (Phi) is 5.68. The van der Waals surface area contributed by atoms with E-state index in [2.05, 4.69) is 5.32 Å². The molecule has 1 heterocycles. The Morgan fingerprint density at radius 1 is 1.16 bits per heavy atom. The van der Waals surface area contributed by atoms with Gasteiger partial charge in [-0.25, -0.2) is 4.39 Å². The molecule has 0 fully saturated rings. The van der Waals surface area contributed by atoms with Crippen molar-refractivity contribution >= 4 is 28.8 Å². The Labute approximate surface area is 154 Å². The standard InChI is InChI=1S/C19H15ClFNO2S/c20-17-7-2-1-4-14(17)10-22-19(23)18-8-13(12-25-18)11-24-16-6-3-5-15(21)9-16/h1-9,12H,10-11H2,(H,22,23). The van der Waals surface area contributed by atoms with Gasteiger partial charge in [0.25, 0.3) is 5.91 Å². The van der Waals surface area contributed by atoms with E-state index < -0.39 is 0 Å². The highest BCUT2D eigenvalue weighted by atomic mass is 35.5. The van der Waals surface area contributed by atoms with Gasteiger partial charge in [-0.1, -0.05) is 35.9 Å². The third kappa shape index (κ3) is 4.81. The molecule has 25 heavy (non-hydrogen) atoms. The number of hydrogen-bond donors (Lipinski definition) is 1. The molecule has 3 aromatic rings. The van der Waals surface area contributed by atoms with Crippen LogP contribution in [0.5, 0.6) is 5.75 Å². The van der Waals surface area contributed by atoms with Crippen LogP contribution in [-0.2, 0) is 13.2 Å². The van der Waals surface area contributed by atoms with E-state index in [9.17, 15) is 9.18 Å².